The van der Waals surface area contributed by atoms with Gasteiger partial charge >= 0.3 is 0 Å². The van der Waals surface area contributed by atoms with Crippen molar-refractivity contribution in [3.05, 3.63) is 29.3 Å². The normalized spacial score (nSPS) is 16.6. The van der Waals surface area contributed by atoms with Gasteiger partial charge in [-0.3, -0.25) is 0 Å². The van der Waals surface area contributed by atoms with Gasteiger partial charge in [0, 0.05) is 18.3 Å². The van der Waals surface area contributed by atoms with E-state index in [0.717, 1.165) is 25.6 Å². The first-order valence-electron chi connectivity index (χ1n) is 7.82. The van der Waals surface area contributed by atoms with E-state index in [1.165, 1.54) is 48.9 Å². The predicted molar refractivity (Wildman–Crippen MR) is 83.8 cm³/mol. The first-order chi connectivity index (χ1) is 9.26. The van der Waals surface area contributed by atoms with E-state index in [1.54, 1.807) is 0 Å². The van der Waals surface area contributed by atoms with Crippen molar-refractivity contribution < 1.29 is 0 Å². The van der Waals surface area contributed by atoms with Crippen molar-refractivity contribution in [2.75, 3.05) is 18.0 Å². The van der Waals surface area contributed by atoms with Crippen LogP contribution >= 0.6 is 0 Å². The number of hydrogen-bond donors (Lipinski definition) is 1. The van der Waals surface area contributed by atoms with E-state index in [1.807, 2.05) is 0 Å². The molecular weight excluding hydrogens is 232 g/mol. The molecule has 1 aliphatic rings. The molecule has 2 nitrogen and oxygen atoms in total. The summed E-state index contributed by atoms with van der Waals surface area (Å²) in [6.07, 6.45) is 7.91. The van der Waals surface area contributed by atoms with E-state index < -0.39 is 0 Å². The Kier molecular flexibility index (Phi) is 5.26. The highest BCUT2D eigenvalue weighted by atomic mass is 15.2. The summed E-state index contributed by atoms with van der Waals surface area (Å²) < 4.78 is 0. The van der Waals surface area contributed by atoms with E-state index in [2.05, 4.69) is 36.9 Å². The second-order valence-corrected chi connectivity index (χ2v) is 5.74. The van der Waals surface area contributed by atoms with Crippen LogP contribution in [-0.2, 0) is 6.42 Å². The van der Waals surface area contributed by atoms with Gasteiger partial charge in [-0.2, -0.15) is 0 Å². The SMILES string of the molecule is CCN(c1ccc(CCN)cc1C)C1CCCCC1. The lowest BCUT2D eigenvalue weighted by molar-refractivity contribution is 0.418. The standard InChI is InChI=1S/C17H28N2/c1-3-19(16-7-5-4-6-8-16)17-10-9-15(11-12-18)13-14(17)2/h9-10,13,16H,3-8,11-12,18H2,1-2H3. The maximum atomic E-state index is 5.64. The fourth-order valence-corrected chi connectivity index (χ4v) is 3.38. The Hall–Kier alpha value is -1.02. The Bertz CT molecular complexity index is 394. The topological polar surface area (TPSA) is 29.3 Å². The van der Waals surface area contributed by atoms with Crippen molar-refractivity contribution >= 4 is 5.69 Å². The molecule has 0 saturated heterocycles. The Morgan fingerprint density at radius 1 is 1.21 bits per heavy atom. The lowest BCUT2D eigenvalue weighted by Gasteiger charge is -2.36. The number of hydrogen-bond acceptors (Lipinski definition) is 2. The van der Waals surface area contributed by atoms with Crippen molar-refractivity contribution in [2.45, 2.75) is 58.4 Å². The van der Waals surface area contributed by atoms with Crippen LogP contribution in [0.1, 0.15) is 50.2 Å². The molecule has 0 spiro atoms. The van der Waals surface area contributed by atoms with Crippen molar-refractivity contribution in [1.29, 1.82) is 0 Å². The highest BCUT2D eigenvalue weighted by molar-refractivity contribution is 5.55. The van der Waals surface area contributed by atoms with Crippen LogP contribution in [0.2, 0.25) is 0 Å². The Morgan fingerprint density at radius 2 is 1.95 bits per heavy atom. The summed E-state index contributed by atoms with van der Waals surface area (Å²) >= 11 is 0. The van der Waals surface area contributed by atoms with Gasteiger partial charge < -0.3 is 10.6 Å². The molecule has 0 bridgehead atoms. The van der Waals surface area contributed by atoms with Crippen molar-refractivity contribution in [3.63, 3.8) is 0 Å². The number of rotatable bonds is 5. The van der Waals surface area contributed by atoms with Crippen LogP contribution in [0.4, 0.5) is 5.69 Å². The van der Waals surface area contributed by atoms with Gasteiger partial charge in [-0.1, -0.05) is 31.4 Å². The third-order valence-corrected chi connectivity index (χ3v) is 4.36. The van der Waals surface area contributed by atoms with Crippen LogP contribution in [0.25, 0.3) is 0 Å². The maximum Gasteiger partial charge on any atom is 0.0398 e. The zero-order chi connectivity index (χ0) is 13.7. The van der Waals surface area contributed by atoms with Gasteiger partial charge in [-0.25, -0.2) is 0 Å². The minimum atomic E-state index is 0.735. The van der Waals surface area contributed by atoms with Gasteiger partial charge in [-0.15, -0.1) is 0 Å². The largest absolute Gasteiger partial charge is 0.369 e. The van der Waals surface area contributed by atoms with Crippen molar-refractivity contribution in [1.82, 2.24) is 0 Å². The Morgan fingerprint density at radius 3 is 2.53 bits per heavy atom. The van der Waals surface area contributed by atoms with Gasteiger partial charge in [0.25, 0.3) is 0 Å². The molecule has 1 saturated carbocycles. The number of nitrogens with two attached hydrogens (primary N) is 1. The number of anilines is 1. The van der Waals surface area contributed by atoms with Crippen molar-refractivity contribution in [3.8, 4) is 0 Å². The summed E-state index contributed by atoms with van der Waals surface area (Å²) in [5, 5.41) is 0. The molecule has 0 radical (unpaired) electrons. The Labute approximate surface area is 118 Å². The molecule has 0 atom stereocenters. The van der Waals surface area contributed by atoms with E-state index in [4.69, 9.17) is 5.73 Å². The first kappa shape index (κ1) is 14.4. The Balaban J connectivity index is 2.17. The van der Waals surface area contributed by atoms with Gasteiger partial charge in [0.2, 0.25) is 0 Å². The summed E-state index contributed by atoms with van der Waals surface area (Å²) in [6, 6.07) is 7.62. The maximum absolute atomic E-state index is 5.64. The summed E-state index contributed by atoms with van der Waals surface area (Å²) in [5.74, 6) is 0. The summed E-state index contributed by atoms with van der Waals surface area (Å²) in [5.41, 5.74) is 9.83. The van der Waals surface area contributed by atoms with Crippen LogP contribution in [0.3, 0.4) is 0 Å². The third kappa shape index (κ3) is 3.50. The summed E-state index contributed by atoms with van der Waals surface area (Å²) in [7, 11) is 0. The lowest BCUT2D eigenvalue weighted by Crippen LogP contribution is -2.37. The molecule has 2 N–H and O–H groups in total. The number of nitrogens with zero attached hydrogens (tertiary/aromatic N) is 1. The zero-order valence-electron chi connectivity index (χ0n) is 12.5. The van der Waals surface area contributed by atoms with Gasteiger partial charge in [-0.05, 0) is 56.8 Å². The fraction of sp³-hybridized carbons (Fsp3) is 0.647. The molecular formula is C17H28N2. The average Bonchev–Trinajstić information content (AvgIpc) is 2.43. The zero-order valence-corrected chi connectivity index (χ0v) is 12.5. The minimum absolute atomic E-state index is 0.735. The smallest absolute Gasteiger partial charge is 0.0398 e. The van der Waals surface area contributed by atoms with Crippen LogP contribution < -0.4 is 10.6 Å². The highest BCUT2D eigenvalue weighted by Crippen LogP contribution is 2.29. The molecule has 1 aromatic rings. The molecule has 106 valence electrons. The highest BCUT2D eigenvalue weighted by Gasteiger charge is 2.21. The van der Waals surface area contributed by atoms with E-state index in [0.29, 0.717) is 0 Å². The third-order valence-electron chi connectivity index (χ3n) is 4.36. The fourth-order valence-electron chi connectivity index (χ4n) is 3.38. The molecule has 0 amide bonds. The average molecular weight is 260 g/mol. The number of aryl methyl sites for hydroxylation is 1. The molecule has 2 heteroatoms. The quantitative estimate of drug-likeness (QED) is 0.875. The number of benzene rings is 1. The van der Waals surface area contributed by atoms with Crippen LogP contribution in [0.15, 0.2) is 18.2 Å². The van der Waals surface area contributed by atoms with Crippen LogP contribution in [0.5, 0.6) is 0 Å². The molecule has 19 heavy (non-hydrogen) atoms. The molecule has 0 heterocycles. The van der Waals surface area contributed by atoms with E-state index in [-0.39, 0.29) is 0 Å². The second-order valence-electron chi connectivity index (χ2n) is 5.74. The van der Waals surface area contributed by atoms with Gasteiger partial charge in [0.1, 0.15) is 0 Å². The van der Waals surface area contributed by atoms with Gasteiger partial charge in [0.05, 0.1) is 0 Å². The molecule has 1 aliphatic carbocycles. The molecule has 0 aliphatic heterocycles. The summed E-state index contributed by atoms with van der Waals surface area (Å²) in [4.78, 5) is 2.61. The van der Waals surface area contributed by atoms with Gasteiger partial charge in [0.15, 0.2) is 0 Å². The summed E-state index contributed by atoms with van der Waals surface area (Å²) in [6.45, 7) is 6.36. The van der Waals surface area contributed by atoms with E-state index >= 15 is 0 Å². The molecule has 1 fully saturated rings. The molecule has 0 aromatic heterocycles. The first-order valence-corrected chi connectivity index (χ1v) is 7.82. The van der Waals surface area contributed by atoms with E-state index in [9.17, 15) is 0 Å². The second kappa shape index (κ2) is 6.95. The van der Waals surface area contributed by atoms with Crippen molar-refractivity contribution in [2.24, 2.45) is 5.73 Å². The minimum Gasteiger partial charge on any atom is -0.369 e. The van der Waals surface area contributed by atoms with Crippen LogP contribution in [-0.4, -0.2) is 19.1 Å². The van der Waals surface area contributed by atoms with Crippen LogP contribution in [0, 0.1) is 6.92 Å². The molecule has 2 rings (SSSR count). The predicted octanol–water partition coefficient (Wildman–Crippen LogP) is 3.66. The lowest BCUT2D eigenvalue weighted by atomic mass is 9.93. The monoisotopic (exact) mass is 260 g/mol. The molecule has 0 unspecified atom stereocenters. The molecule has 1 aromatic carbocycles.